The third kappa shape index (κ3) is 1.90. The van der Waals surface area contributed by atoms with Gasteiger partial charge in [0.1, 0.15) is 0 Å². The van der Waals surface area contributed by atoms with Gasteiger partial charge in [0.2, 0.25) is 0 Å². The lowest BCUT2D eigenvalue weighted by atomic mass is 9.93. The highest BCUT2D eigenvalue weighted by molar-refractivity contribution is 7.79. The zero-order valence-electron chi connectivity index (χ0n) is 10.5. The van der Waals surface area contributed by atoms with Crippen LogP contribution in [0.5, 0.6) is 0 Å². The largest absolute Gasteiger partial charge is 0.183 e. The molecule has 1 aromatic carbocycles. The zero-order chi connectivity index (χ0) is 11.5. The normalized spacial score (nSPS) is 16.4. The van der Waals surface area contributed by atoms with Crippen molar-refractivity contribution in [2.75, 3.05) is 6.26 Å². The van der Waals surface area contributed by atoms with Crippen molar-refractivity contribution in [3.8, 4) is 0 Å². The lowest BCUT2D eigenvalue weighted by Gasteiger charge is -2.13. The molecule has 3 rings (SSSR count). The molecule has 2 aliphatic carbocycles. The second-order valence-corrected chi connectivity index (χ2v) is 4.69. The van der Waals surface area contributed by atoms with Crippen LogP contribution in [0.25, 0.3) is 0 Å². The summed E-state index contributed by atoms with van der Waals surface area (Å²) < 4.78 is 0. The molecule has 0 N–H and O–H groups in total. The molecular formula is C15H22S. The molecule has 0 radical (unpaired) electrons. The first-order chi connectivity index (χ1) is 7.90. The molecule has 0 amide bonds. The van der Waals surface area contributed by atoms with Crippen LogP contribution in [0, 0.1) is 0 Å². The topological polar surface area (TPSA) is 0 Å². The van der Waals surface area contributed by atoms with E-state index in [0.29, 0.717) is 0 Å². The Morgan fingerprint density at radius 3 is 1.88 bits per heavy atom. The first kappa shape index (κ1) is 12.0. The first-order valence-electron chi connectivity index (χ1n) is 6.50. The van der Waals surface area contributed by atoms with Gasteiger partial charge in [0.05, 0.1) is 0 Å². The van der Waals surface area contributed by atoms with Gasteiger partial charge in [-0.25, -0.2) is 0 Å². The molecule has 1 aromatic rings. The second-order valence-electron chi connectivity index (χ2n) is 4.69. The molecule has 0 atom stereocenters. The molecule has 0 heterocycles. The van der Waals surface area contributed by atoms with Gasteiger partial charge in [-0.05, 0) is 79.0 Å². The fourth-order valence-corrected chi connectivity index (χ4v) is 3.36. The van der Waals surface area contributed by atoms with Crippen LogP contribution in [0.3, 0.4) is 0 Å². The Kier molecular flexibility index (Phi) is 3.96. The van der Waals surface area contributed by atoms with Crippen LogP contribution in [0.1, 0.15) is 47.6 Å². The maximum absolute atomic E-state index is 3.53. The minimum absolute atomic E-state index is 1.26. The van der Waals surface area contributed by atoms with Crippen LogP contribution in [0.4, 0.5) is 0 Å². The molecule has 1 heteroatoms. The van der Waals surface area contributed by atoms with E-state index in [1.54, 1.807) is 34.1 Å². The highest BCUT2D eigenvalue weighted by Gasteiger charge is 2.22. The van der Waals surface area contributed by atoms with E-state index in [2.05, 4.69) is 25.6 Å². The molecular weight excluding hydrogens is 212 g/mol. The molecule has 88 valence electrons. The summed E-state index contributed by atoms with van der Waals surface area (Å²) in [6.45, 7) is 2.33. The van der Waals surface area contributed by atoms with Crippen molar-refractivity contribution in [1.82, 2.24) is 0 Å². The molecule has 16 heavy (non-hydrogen) atoms. The number of thiol groups is 1. The predicted molar refractivity (Wildman–Crippen MR) is 74.8 cm³/mol. The monoisotopic (exact) mass is 234 g/mol. The Labute approximate surface area is 105 Å². The van der Waals surface area contributed by atoms with Crippen molar-refractivity contribution >= 4 is 12.6 Å². The van der Waals surface area contributed by atoms with Gasteiger partial charge < -0.3 is 0 Å². The third-order valence-corrected chi connectivity index (χ3v) is 3.95. The van der Waals surface area contributed by atoms with Gasteiger partial charge in [-0.3, -0.25) is 0 Å². The fraction of sp³-hybridized carbons (Fsp3) is 0.600. The summed E-state index contributed by atoms with van der Waals surface area (Å²) in [4.78, 5) is 0. The molecule has 0 fully saturated rings. The van der Waals surface area contributed by atoms with Crippen LogP contribution in [-0.2, 0) is 32.1 Å². The number of rotatable bonds is 1. The number of hydrogen-bond donors (Lipinski definition) is 1. The Morgan fingerprint density at radius 2 is 1.44 bits per heavy atom. The van der Waals surface area contributed by atoms with Gasteiger partial charge in [0, 0.05) is 0 Å². The van der Waals surface area contributed by atoms with Crippen molar-refractivity contribution in [2.24, 2.45) is 0 Å². The fourth-order valence-electron chi connectivity index (χ4n) is 3.36. The molecule has 2 aliphatic rings. The van der Waals surface area contributed by atoms with Gasteiger partial charge >= 0.3 is 0 Å². The Morgan fingerprint density at radius 1 is 0.938 bits per heavy atom. The number of benzene rings is 1. The third-order valence-electron chi connectivity index (χ3n) is 3.95. The van der Waals surface area contributed by atoms with Crippen LogP contribution >= 0.6 is 12.6 Å². The molecule has 0 saturated heterocycles. The van der Waals surface area contributed by atoms with Gasteiger partial charge in [-0.1, -0.05) is 13.0 Å². The quantitative estimate of drug-likeness (QED) is 0.703. The van der Waals surface area contributed by atoms with E-state index in [4.69, 9.17) is 0 Å². The summed E-state index contributed by atoms with van der Waals surface area (Å²) in [6.07, 6.45) is 11.1. The van der Waals surface area contributed by atoms with E-state index in [1.807, 2.05) is 0 Å². The molecule has 0 unspecified atom stereocenters. The van der Waals surface area contributed by atoms with Crippen LogP contribution in [0.15, 0.2) is 6.07 Å². The van der Waals surface area contributed by atoms with Gasteiger partial charge in [0.25, 0.3) is 0 Å². The van der Waals surface area contributed by atoms with Crippen molar-refractivity contribution in [1.29, 1.82) is 0 Å². The minimum atomic E-state index is 1.26. The van der Waals surface area contributed by atoms with Crippen molar-refractivity contribution in [3.63, 3.8) is 0 Å². The van der Waals surface area contributed by atoms with Crippen molar-refractivity contribution in [2.45, 2.75) is 51.9 Å². The molecule has 0 spiro atoms. The van der Waals surface area contributed by atoms with Gasteiger partial charge in [0.15, 0.2) is 0 Å². The Bertz CT molecular complexity index is 347. The highest BCUT2D eigenvalue weighted by Crippen LogP contribution is 2.35. The van der Waals surface area contributed by atoms with E-state index >= 15 is 0 Å². The minimum Gasteiger partial charge on any atom is -0.183 e. The highest BCUT2D eigenvalue weighted by atomic mass is 32.1. The predicted octanol–water partition coefficient (Wildman–Crippen LogP) is 3.77. The summed E-state index contributed by atoms with van der Waals surface area (Å²) >= 11 is 3.53. The van der Waals surface area contributed by atoms with E-state index in [-0.39, 0.29) is 0 Å². The molecule has 0 aromatic heterocycles. The first-order valence-corrected chi connectivity index (χ1v) is 7.39. The Balaban J connectivity index is 0.000000457. The molecule has 0 bridgehead atoms. The molecule has 0 aliphatic heterocycles. The number of fused-ring (bicyclic) bond motifs is 2. The average Bonchev–Trinajstić information content (AvgIpc) is 2.95. The number of aryl methyl sites for hydroxylation is 2. The summed E-state index contributed by atoms with van der Waals surface area (Å²) in [5.41, 5.74) is 8.55. The average molecular weight is 234 g/mol. The number of hydrogen-bond acceptors (Lipinski definition) is 1. The standard InChI is InChI=1S/C14H18.CH4S/c1-2-12-13-7-3-5-10(13)9-11-6-4-8-14(11)12;1-2/h9H,2-8H2,1H3;2H,1H3. The summed E-state index contributed by atoms with van der Waals surface area (Å²) in [7, 11) is 0. The van der Waals surface area contributed by atoms with Crippen molar-refractivity contribution < 1.29 is 0 Å². The lowest BCUT2D eigenvalue weighted by molar-refractivity contribution is 0.885. The smallest absolute Gasteiger partial charge is 0.0215 e. The van der Waals surface area contributed by atoms with E-state index in [1.165, 1.54) is 44.9 Å². The summed E-state index contributed by atoms with van der Waals surface area (Å²) in [5, 5.41) is 0. The van der Waals surface area contributed by atoms with Gasteiger partial charge in [-0.15, -0.1) is 0 Å². The summed E-state index contributed by atoms with van der Waals surface area (Å²) in [5.74, 6) is 0. The van der Waals surface area contributed by atoms with Crippen molar-refractivity contribution in [3.05, 3.63) is 33.9 Å². The van der Waals surface area contributed by atoms with Gasteiger partial charge in [-0.2, -0.15) is 12.6 Å². The molecule has 0 nitrogen and oxygen atoms in total. The maximum Gasteiger partial charge on any atom is -0.0215 e. The molecule has 0 saturated carbocycles. The van der Waals surface area contributed by atoms with E-state index in [9.17, 15) is 0 Å². The maximum atomic E-state index is 3.53. The van der Waals surface area contributed by atoms with E-state index in [0.717, 1.165) is 0 Å². The van der Waals surface area contributed by atoms with Crippen LogP contribution in [-0.4, -0.2) is 6.26 Å². The summed E-state index contributed by atoms with van der Waals surface area (Å²) in [6, 6.07) is 2.52. The van der Waals surface area contributed by atoms with Crippen LogP contribution in [0.2, 0.25) is 0 Å². The zero-order valence-corrected chi connectivity index (χ0v) is 11.4. The second kappa shape index (κ2) is 5.27. The lowest BCUT2D eigenvalue weighted by Crippen LogP contribution is -1.99. The van der Waals surface area contributed by atoms with Crippen LogP contribution < -0.4 is 0 Å². The SMILES string of the molecule is CCc1c2c(cc3c1CCC3)CCC2.CS. The van der Waals surface area contributed by atoms with E-state index < -0.39 is 0 Å². The Hall–Kier alpha value is -0.430.